The Kier molecular flexibility index (Phi) is 7.37. The van der Waals surface area contributed by atoms with Gasteiger partial charge in [0, 0.05) is 24.0 Å². The van der Waals surface area contributed by atoms with Crippen molar-refractivity contribution in [2.75, 3.05) is 0 Å². The maximum atomic E-state index is 12.9. The number of fused-ring (bicyclic) bond motifs is 4. The Morgan fingerprint density at radius 2 is 1.36 bits per heavy atom. The summed E-state index contributed by atoms with van der Waals surface area (Å²) in [4.78, 5) is 35.9. The molecule has 10 rings (SSSR count). The summed E-state index contributed by atoms with van der Waals surface area (Å²) >= 11 is 6.63. The zero-order valence-electron chi connectivity index (χ0n) is 26.7. The Morgan fingerprint density at radius 3 is 1.94 bits per heavy atom. The number of halogens is 1. The number of pyridine rings is 1. The summed E-state index contributed by atoms with van der Waals surface area (Å²) in [7, 11) is -4.42. The topological polar surface area (TPSA) is 119 Å². The van der Waals surface area contributed by atoms with Gasteiger partial charge in [-0.1, -0.05) is 115 Å². The van der Waals surface area contributed by atoms with Crippen LogP contribution in [-0.4, -0.2) is 44.7 Å². The van der Waals surface area contributed by atoms with Gasteiger partial charge in [0.25, 0.3) is 0 Å². The van der Waals surface area contributed by atoms with Crippen LogP contribution < -0.4 is 0 Å². The number of hydrogen-bond acceptors (Lipinski definition) is 5. The van der Waals surface area contributed by atoms with Crippen molar-refractivity contribution in [3.05, 3.63) is 156 Å². The third-order valence-electron chi connectivity index (χ3n) is 10.4. The standard InChI is InChI=1S/C39H32ClN6O3P/c40-31-22-32-33(36-41-23-27-20-21-45(37(27)43-36)34-25-16-18-26(19-17-25)35(34)50(47,48)49)44-46(38(32)42-24-31)39(28-10-4-1-5-11-28,29-12-6-2-7-13-29)30-14-8-3-9-15-30/h1-16,18,20-26,34-35H,17,19H2,(H2,47,48,49). The van der Waals surface area contributed by atoms with E-state index in [-0.39, 0.29) is 11.8 Å². The first-order valence-corrected chi connectivity index (χ1v) is 18.7. The number of benzene rings is 3. The van der Waals surface area contributed by atoms with Crippen LogP contribution in [-0.2, 0) is 10.1 Å². The van der Waals surface area contributed by atoms with Crippen molar-refractivity contribution in [2.24, 2.45) is 11.8 Å². The number of hydrogen-bond donors (Lipinski definition) is 2. The largest absolute Gasteiger partial charge is 0.331 e. The van der Waals surface area contributed by atoms with Crippen molar-refractivity contribution >= 4 is 41.3 Å². The normalized spacial score (nSPS) is 20.5. The van der Waals surface area contributed by atoms with E-state index < -0.39 is 24.8 Å². The Bertz CT molecular complexity index is 2350. The molecule has 0 radical (unpaired) electrons. The highest BCUT2D eigenvalue weighted by Gasteiger charge is 2.50. The van der Waals surface area contributed by atoms with Crippen molar-refractivity contribution in [1.82, 2.24) is 29.3 Å². The molecule has 0 spiro atoms. The van der Waals surface area contributed by atoms with Crippen LogP contribution >= 0.6 is 19.2 Å². The second-order valence-corrected chi connectivity index (χ2v) is 15.4. The molecule has 3 aliphatic rings. The molecular formula is C39H32ClN6O3P. The highest BCUT2D eigenvalue weighted by Crippen LogP contribution is 2.59. The maximum absolute atomic E-state index is 12.9. The Balaban J connectivity index is 1.31. The van der Waals surface area contributed by atoms with Crippen molar-refractivity contribution in [1.29, 1.82) is 0 Å². The summed E-state index contributed by atoms with van der Waals surface area (Å²) in [6, 6.07) is 34.0. The molecule has 4 atom stereocenters. The van der Waals surface area contributed by atoms with Gasteiger partial charge in [-0.15, -0.1) is 0 Å². The van der Waals surface area contributed by atoms with Gasteiger partial charge in [0.15, 0.2) is 11.5 Å². The second kappa shape index (κ2) is 11.9. The Morgan fingerprint density at radius 1 is 0.760 bits per heavy atom. The number of allylic oxidation sites excluding steroid dienone is 2. The van der Waals surface area contributed by atoms with Gasteiger partial charge in [0.1, 0.15) is 16.9 Å². The molecule has 4 aromatic heterocycles. The van der Waals surface area contributed by atoms with Gasteiger partial charge in [-0.2, -0.15) is 5.10 Å². The fraction of sp³-hybridized carbons (Fsp3) is 0.179. The number of rotatable bonds is 7. The van der Waals surface area contributed by atoms with E-state index in [1.165, 1.54) is 0 Å². The van der Waals surface area contributed by atoms with E-state index in [4.69, 9.17) is 31.7 Å². The first-order valence-electron chi connectivity index (χ1n) is 16.6. The van der Waals surface area contributed by atoms with Crippen molar-refractivity contribution in [2.45, 2.75) is 30.1 Å². The minimum Gasteiger partial charge on any atom is -0.328 e. The summed E-state index contributed by atoms with van der Waals surface area (Å²) < 4.78 is 16.8. The Labute approximate surface area is 293 Å². The van der Waals surface area contributed by atoms with Gasteiger partial charge in [-0.05, 0) is 53.5 Å². The van der Waals surface area contributed by atoms with Crippen LogP contribution in [0.15, 0.2) is 134 Å². The predicted molar refractivity (Wildman–Crippen MR) is 194 cm³/mol. The van der Waals surface area contributed by atoms with E-state index >= 15 is 0 Å². The molecule has 3 aliphatic carbocycles. The lowest BCUT2D eigenvalue weighted by Crippen LogP contribution is -2.42. The van der Waals surface area contributed by atoms with Crippen LogP contribution in [0.1, 0.15) is 35.6 Å². The molecular weight excluding hydrogens is 667 g/mol. The predicted octanol–water partition coefficient (Wildman–Crippen LogP) is 8.02. The number of nitrogens with zero attached hydrogens (tertiary/aromatic N) is 6. The first kappa shape index (κ1) is 31.1. The highest BCUT2D eigenvalue weighted by molar-refractivity contribution is 7.52. The summed E-state index contributed by atoms with van der Waals surface area (Å²) in [5.41, 5.74) is 2.86. The molecule has 7 aromatic rings. The zero-order chi connectivity index (χ0) is 34.0. The fourth-order valence-corrected chi connectivity index (χ4v) is 10.00. The lowest BCUT2D eigenvalue weighted by atomic mass is 9.72. The minimum atomic E-state index is -4.42. The summed E-state index contributed by atoms with van der Waals surface area (Å²) in [5.74, 6) is 0.148. The lowest BCUT2D eigenvalue weighted by Gasteiger charge is -2.45. The van der Waals surface area contributed by atoms with Gasteiger partial charge in [0.05, 0.1) is 22.1 Å². The molecule has 9 nitrogen and oxygen atoms in total. The van der Waals surface area contributed by atoms with Crippen LogP contribution in [0.4, 0.5) is 0 Å². The summed E-state index contributed by atoms with van der Waals surface area (Å²) in [5, 5.41) is 7.25. The Hall–Kier alpha value is -4.92. The molecule has 0 amide bonds. The molecule has 50 heavy (non-hydrogen) atoms. The quantitative estimate of drug-likeness (QED) is 0.0983. The van der Waals surface area contributed by atoms with Crippen LogP contribution in [0.5, 0.6) is 0 Å². The third kappa shape index (κ3) is 4.80. The second-order valence-electron chi connectivity index (χ2n) is 13.1. The lowest BCUT2D eigenvalue weighted by molar-refractivity contribution is 0.202. The minimum absolute atomic E-state index is 0.0158. The summed E-state index contributed by atoms with van der Waals surface area (Å²) in [6.07, 6.45) is 11.0. The average molecular weight is 699 g/mol. The smallest absolute Gasteiger partial charge is 0.328 e. The monoisotopic (exact) mass is 698 g/mol. The van der Waals surface area contributed by atoms with E-state index in [0.717, 1.165) is 34.9 Å². The molecule has 11 heteroatoms. The molecule has 1 fully saturated rings. The number of aromatic nitrogens is 6. The van der Waals surface area contributed by atoms with Crippen molar-refractivity contribution < 1.29 is 14.4 Å². The molecule has 0 aliphatic heterocycles. The van der Waals surface area contributed by atoms with Crippen LogP contribution in [0.25, 0.3) is 33.6 Å². The fourth-order valence-electron chi connectivity index (χ4n) is 8.33. The average Bonchev–Trinajstić information content (AvgIpc) is 3.74. The molecule has 1 saturated carbocycles. The molecule has 2 bridgehead atoms. The van der Waals surface area contributed by atoms with Gasteiger partial charge < -0.3 is 14.4 Å². The van der Waals surface area contributed by atoms with Crippen LogP contribution in [0, 0.1) is 11.8 Å². The highest BCUT2D eigenvalue weighted by atomic mass is 35.5. The van der Waals surface area contributed by atoms with E-state index in [1.54, 1.807) is 12.4 Å². The zero-order valence-corrected chi connectivity index (χ0v) is 28.4. The van der Waals surface area contributed by atoms with Gasteiger partial charge >= 0.3 is 7.60 Å². The van der Waals surface area contributed by atoms with E-state index in [2.05, 4.69) is 42.5 Å². The van der Waals surface area contributed by atoms with E-state index in [0.29, 0.717) is 33.2 Å². The molecule has 2 N–H and O–H groups in total. The van der Waals surface area contributed by atoms with Gasteiger partial charge in [-0.3, -0.25) is 4.57 Å². The molecule has 248 valence electrons. The van der Waals surface area contributed by atoms with E-state index in [9.17, 15) is 14.4 Å². The van der Waals surface area contributed by atoms with Crippen LogP contribution in [0.3, 0.4) is 0 Å². The van der Waals surface area contributed by atoms with E-state index in [1.807, 2.05) is 88.3 Å². The molecule has 4 unspecified atom stereocenters. The first-order chi connectivity index (χ1) is 24.3. The maximum Gasteiger partial charge on any atom is 0.331 e. The van der Waals surface area contributed by atoms with Crippen molar-refractivity contribution in [3.8, 4) is 11.5 Å². The summed E-state index contributed by atoms with van der Waals surface area (Å²) in [6.45, 7) is 0. The van der Waals surface area contributed by atoms with Gasteiger partial charge in [0.2, 0.25) is 0 Å². The van der Waals surface area contributed by atoms with Crippen LogP contribution in [0.2, 0.25) is 5.02 Å². The SMILES string of the molecule is O=P(O)(O)C1C2C=CC(CC2)C1n1ccc2cnc(-c3nn(C(c4ccccc4)(c4ccccc4)c4ccccc4)c4ncc(Cl)cc34)nc21. The molecule has 3 aromatic carbocycles. The molecule has 0 saturated heterocycles. The van der Waals surface area contributed by atoms with Crippen molar-refractivity contribution in [3.63, 3.8) is 0 Å². The molecule has 4 heterocycles. The van der Waals surface area contributed by atoms with Gasteiger partial charge in [-0.25, -0.2) is 19.6 Å². The third-order valence-corrected chi connectivity index (χ3v) is 12.1.